The molecular weight excluding hydrogens is 493 g/mol. The number of fused-ring (bicyclic) bond motifs is 1. The quantitative estimate of drug-likeness (QED) is 0.261. The molecule has 0 spiro atoms. The highest BCUT2D eigenvalue weighted by Gasteiger charge is 2.21. The number of nitriles is 2. The van der Waals surface area contributed by atoms with Crippen molar-refractivity contribution in [1.82, 2.24) is 25.0 Å². The molecule has 0 saturated heterocycles. The zero-order valence-corrected chi connectivity index (χ0v) is 21.2. The molecule has 0 saturated carbocycles. The van der Waals surface area contributed by atoms with Gasteiger partial charge in [0.15, 0.2) is 0 Å². The van der Waals surface area contributed by atoms with Crippen molar-refractivity contribution in [1.29, 1.82) is 10.5 Å². The predicted octanol–water partition coefficient (Wildman–Crippen LogP) is 5.41. The van der Waals surface area contributed by atoms with E-state index in [9.17, 15) is 16.3 Å². The highest BCUT2D eigenvalue weighted by molar-refractivity contribution is 5.99. The molecule has 5 rings (SSSR count). The SMILES string of the molecule is [2H][C@](Nc1cc(C#N)c2ncc(C#N)c(N[C@H](CC)c3ccccc3)c2c1)(c1ccc(F)nc1)c1cn(C)nn1. The molecule has 2 atom stereocenters. The van der Waals surface area contributed by atoms with Gasteiger partial charge < -0.3 is 10.6 Å². The first-order chi connectivity index (χ1) is 19.4. The van der Waals surface area contributed by atoms with Crippen LogP contribution in [0.1, 0.15) is 54.7 Å². The third-order valence-electron chi connectivity index (χ3n) is 6.29. The lowest BCUT2D eigenvalue weighted by atomic mass is 10.0. The Kier molecular flexibility index (Phi) is 6.74. The largest absolute Gasteiger partial charge is 0.377 e. The molecule has 3 heterocycles. The fourth-order valence-electron chi connectivity index (χ4n) is 4.40. The third-order valence-corrected chi connectivity index (χ3v) is 6.29. The maximum Gasteiger partial charge on any atom is 0.212 e. The van der Waals surface area contributed by atoms with Gasteiger partial charge in [-0.25, -0.2) is 4.98 Å². The Morgan fingerprint density at radius 3 is 2.44 bits per heavy atom. The summed E-state index contributed by atoms with van der Waals surface area (Å²) < 4.78 is 24.5. The van der Waals surface area contributed by atoms with E-state index in [1.165, 1.54) is 23.1 Å². The number of benzene rings is 2. The Morgan fingerprint density at radius 1 is 1.00 bits per heavy atom. The van der Waals surface area contributed by atoms with Gasteiger partial charge >= 0.3 is 0 Å². The Bertz CT molecular complexity index is 1760. The average molecular weight is 519 g/mol. The lowest BCUT2D eigenvalue weighted by Gasteiger charge is -2.22. The molecule has 9 nitrogen and oxygen atoms in total. The molecule has 2 N–H and O–H groups in total. The molecule has 2 aromatic carbocycles. The van der Waals surface area contributed by atoms with Crippen LogP contribution in [0.4, 0.5) is 15.8 Å². The Balaban J connectivity index is 1.67. The van der Waals surface area contributed by atoms with Crippen LogP contribution in [0.3, 0.4) is 0 Å². The standard InChI is InChI=1S/C29H24FN9/c1-3-24(18-7-5-4-6-8-18)36-28-21(14-32)16-34-27-20(13-31)11-22(12-23(27)28)35-29(25-17-39(2)38-37-25)19-9-10-26(30)33-15-19/h4-12,15-17,24,29,35H,3H2,1-2H3,(H,34,36)/t24-,29+/m1/s1/i29D. The van der Waals surface area contributed by atoms with Gasteiger partial charge in [0.05, 0.1) is 42.0 Å². The van der Waals surface area contributed by atoms with Crippen LogP contribution in [-0.2, 0) is 7.05 Å². The molecule has 10 heteroatoms. The van der Waals surface area contributed by atoms with E-state index in [0.29, 0.717) is 33.4 Å². The predicted molar refractivity (Wildman–Crippen MR) is 145 cm³/mol. The van der Waals surface area contributed by atoms with Crippen molar-refractivity contribution in [2.24, 2.45) is 7.05 Å². The molecule has 0 fully saturated rings. The number of anilines is 2. The van der Waals surface area contributed by atoms with Gasteiger partial charge in [0, 0.05) is 30.5 Å². The summed E-state index contributed by atoms with van der Waals surface area (Å²) >= 11 is 0. The van der Waals surface area contributed by atoms with Crippen LogP contribution in [0.25, 0.3) is 10.9 Å². The van der Waals surface area contributed by atoms with Crippen molar-refractivity contribution in [2.45, 2.75) is 25.4 Å². The molecule has 5 aromatic rings. The summed E-state index contributed by atoms with van der Waals surface area (Å²) in [6, 6.07) is 18.3. The van der Waals surface area contributed by atoms with Crippen LogP contribution >= 0.6 is 0 Å². The van der Waals surface area contributed by atoms with E-state index in [2.05, 4.69) is 43.1 Å². The van der Waals surface area contributed by atoms with Gasteiger partial charge in [0.1, 0.15) is 17.8 Å². The molecule has 192 valence electrons. The molecular formula is C29H24FN9. The van der Waals surface area contributed by atoms with Gasteiger partial charge in [-0.15, -0.1) is 5.10 Å². The van der Waals surface area contributed by atoms with Gasteiger partial charge in [-0.05, 0) is 35.7 Å². The number of nitrogens with one attached hydrogen (secondary N) is 2. The molecule has 0 radical (unpaired) electrons. The van der Waals surface area contributed by atoms with E-state index in [-0.39, 0.29) is 17.3 Å². The van der Waals surface area contributed by atoms with Gasteiger partial charge in [0.2, 0.25) is 5.95 Å². The summed E-state index contributed by atoms with van der Waals surface area (Å²) in [5.74, 6) is -0.683. The van der Waals surface area contributed by atoms with Crippen LogP contribution in [-0.4, -0.2) is 25.0 Å². The number of pyridine rings is 2. The van der Waals surface area contributed by atoms with Crippen molar-refractivity contribution in [3.63, 3.8) is 0 Å². The van der Waals surface area contributed by atoms with Gasteiger partial charge in [-0.1, -0.05) is 48.5 Å². The normalized spacial score (nSPS) is 13.5. The van der Waals surface area contributed by atoms with Crippen LogP contribution in [0.5, 0.6) is 0 Å². The second-order valence-electron chi connectivity index (χ2n) is 8.85. The molecule has 0 aliphatic carbocycles. The van der Waals surface area contributed by atoms with Crippen molar-refractivity contribution in [3.05, 3.63) is 107 Å². The van der Waals surface area contributed by atoms with E-state index in [1.54, 1.807) is 25.4 Å². The van der Waals surface area contributed by atoms with Crippen molar-refractivity contribution >= 4 is 22.3 Å². The first-order valence-corrected chi connectivity index (χ1v) is 12.2. The maximum atomic E-state index is 13.7. The van der Waals surface area contributed by atoms with Crippen LogP contribution in [0.2, 0.25) is 0 Å². The second kappa shape index (κ2) is 11.0. The summed E-state index contributed by atoms with van der Waals surface area (Å²) in [4.78, 5) is 8.14. The number of hydrogen-bond acceptors (Lipinski definition) is 8. The molecule has 0 aliphatic heterocycles. The molecule has 0 amide bonds. The Morgan fingerprint density at radius 2 is 1.79 bits per heavy atom. The third kappa shape index (κ3) is 5.22. The fourth-order valence-corrected chi connectivity index (χ4v) is 4.40. The van der Waals surface area contributed by atoms with E-state index >= 15 is 0 Å². The van der Waals surface area contributed by atoms with E-state index in [4.69, 9.17) is 0 Å². The molecule has 3 aromatic heterocycles. The minimum absolute atomic E-state index is 0.110. The molecule has 39 heavy (non-hydrogen) atoms. The lowest BCUT2D eigenvalue weighted by Crippen LogP contribution is -2.14. The van der Waals surface area contributed by atoms with Gasteiger partial charge in [0.25, 0.3) is 0 Å². The van der Waals surface area contributed by atoms with Crippen LogP contribution < -0.4 is 10.6 Å². The number of aromatic nitrogens is 5. The van der Waals surface area contributed by atoms with E-state index in [1.807, 2.05) is 37.3 Å². The number of rotatable bonds is 8. The summed E-state index contributed by atoms with van der Waals surface area (Å²) in [6.07, 6.45) is 5.02. The van der Waals surface area contributed by atoms with Gasteiger partial charge in [-0.3, -0.25) is 9.67 Å². The van der Waals surface area contributed by atoms with Crippen molar-refractivity contribution in [3.8, 4) is 12.1 Å². The maximum absolute atomic E-state index is 13.7. The summed E-state index contributed by atoms with van der Waals surface area (Å²) in [6.45, 7) is 2.04. The first kappa shape index (κ1) is 24.0. The lowest BCUT2D eigenvalue weighted by molar-refractivity contribution is 0.581. The zero-order valence-electron chi connectivity index (χ0n) is 22.2. The fraction of sp³-hybridized carbons (Fsp3) is 0.172. The van der Waals surface area contributed by atoms with Crippen molar-refractivity contribution in [2.75, 3.05) is 10.6 Å². The van der Waals surface area contributed by atoms with E-state index < -0.39 is 12.0 Å². The van der Waals surface area contributed by atoms with Gasteiger partial charge in [-0.2, -0.15) is 14.9 Å². The van der Waals surface area contributed by atoms with E-state index in [0.717, 1.165) is 18.1 Å². The minimum atomic E-state index is -1.74. The summed E-state index contributed by atoms with van der Waals surface area (Å²) in [7, 11) is 1.67. The topological polar surface area (TPSA) is 128 Å². The highest BCUT2D eigenvalue weighted by Crippen LogP contribution is 2.35. The van der Waals surface area contributed by atoms with Crippen molar-refractivity contribution < 1.29 is 5.76 Å². The highest BCUT2D eigenvalue weighted by atomic mass is 19.1. The smallest absolute Gasteiger partial charge is 0.212 e. The molecule has 0 aliphatic rings. The second-order valence-corrected chi connectivity index (χ2v) is 8.85. The molecule has 0 bridgehead atoms. The van der Waals surface area contributed by atoms with Crippen LogP contribution in [0, 0.1) is 28.6 Å². The monoisotopic (exact) mass is 518 g/mol. The summed E-state index contributed by atoms with van der Waals surface area (Å²) in [5, 5.41) is 35.2. The first-order valence-electron chi connectivity index (χ1n) is 12.7. The number of nitrogens with zero attached hydrogens (tertiary/aromatic N) is 7. The van der Waals surface area contributed by atoms with Crippen LogP contribution in [0.15, 0.2) is 73.2 Å². The number of halogens is 1. The molecule has 0 unspecified atom stereocenters. The Hall–Kier alpha value is -5.35. The number of aryl methyl sites for hydroxylation is 1. The number of hydrogen-bond donors (Lipinski definition) is 2. The minimum Gasteiger partial charge on any atom is -0.377 e. The summed E-state index contributed by atoms with van der Waals surface area (Å²) in [5.41, 5.74) is 3.49. The Labute approximate surface area is 226 Å². The average Bonchev–Trinajstić information content (AvgIpc) is 3.43. The zero-order chi connectivity index (χ0) is 28.3.